The molecule has 0 amide bonds. The lowest BCUT2D eigenvalue weighted by atomic mass is 10.0. The molecule has 0 saturated carbocycles. The van der Waals surface area contributed by atoms with Gasteiger partial charge in [0, 0.05) is 35.9 Å². The summed E-state index contributed by atoms with van der Waals surface area (Å²) in [6, 6.07) is 6.27. The normalized spacial score (nSPS) is 14.7. The Kier molecular flexibility index (Phi) is 6.45. The Balaban J connectivity index is 1.64. The highest BCUT2D eigenvalue weighted by Gasteiger charge is 2.26. The van der Waals surface area contributed by atoms with Gasteiger partial charge >= 0.3 is 0 Å². The molecule has 1 aromatic carbocycles. The SMILES string of the molecule is C=C1C(Nc2ccc(-n3cnc(C)c3)c(OC)c2)=CC(C(F)F)=CN1[C@@H](C)c1cncc(F)c1. The number of benzene rings is 1. The maximum atomic E-state index is 13.7. The minimum atomic E-state index is -2.70. The number of nitrogens with zero attached hydrogens (tertiary/aromatic N) is 4. The van der Waals surface area contributed by atoms with Crippen molar-refractivity contribution in [1.82, 2.24) is 19.4 Å². The average Bonchev–Trinajstić information content (AvgIpc) is 3.25. The van der Waals surface area contributed by atoms with Crippen molar-refractivity contribution in [3.63, 3.8) is 0 Å². The van der Waals surface area contributed by atoms with Gasteiger partial charge in [0.1, 0.15) is 11.6 Å². The van der Waals surface area contributed by atoms with E-state index in [0.29, 0.717) is 28.4 Å². The van der Waals surface area contributed by atoms with Crippen molar-refractivity contribution in [2.24, 2.45) is 0 Å². The Morgan fingerprint density at radius 1 is 1.18 bits per heavy atom. The molecule has 0 radical (unpaired) electrons. The molecule has 6 nitrogen and oxygen atoms in total. The van der Waals surface area contributed by atoms with Crippen molar-refractivity contribution in [2.45, 2.75) is 26.3 Å². The summed E-state index contributed by atoms with van der Waals surface area (Å²) in [7, 11) is 1.55. The molecule has 0 bridgehead atoms. The molecule has 0 spiro atoms. The third-order valence-corrected chi connectivity index (χ3v) is 5.55. The van der Waals surface area contributed by atoms with Crippen molar-refractivity contribution >= 4 is 5.69 Å². The number of ether oxygens (including phenoxy) is 1. The molecule has 176 valence electrons. The summed E-state index contributed by atoms with van der Waals surface area (Å²) in [6.07, 6.45) is 6.15. The van der Waals surface area contributed by atoms with Crippen LogP contribution in [0.25, 0.3) is 5.69 Å². The fourth-order valence-corrected chi connectivity index (χ4v) is 3.73. The molecule has 34 heavy (non-hydrogen) atoms. The van der Waals surface area contributed by atoms with E-state index in [-0.39, 0.29) is 5.57 Å². The fourth-order valence-electron chi connectivity index (χ4n) is 3.73. The van der Waals surface area contributed by atoms with E-state index in [0.717, 1.165) is 17.6 Å². The number of pyridine rings is 1. The minimum Gasteiger partial charge on any atom is -0.494 e. The Labute approximate surface area is 195 Å². The first-order chi connectivity index (χ1) is 16.3. The van der Waals surface area contributed by atoms with Crippen LogP contribution in [0.15, 0.2) is 85.0 Å². The monoisotopic (exact) mass is 467 g/mol. The van der Waals surface area contributed by atoms with Crippen LogP contribution in [0.2, 0.25) is 0 Å². The zero-order valence-corrected chi connectivity index (χ0v) is 19.0. The summed E-state index contributed by atoms with van der Waals surface area (Å²) in [5.41, 5.74) is 3.46. The molecule has 3 heterocycles. The summed E-state index contributed by atoms with van der Waals surface area (Å²) in [5, 5.41) is 3.17. The van der Waals surface area contributed by atoms with Crippen molar-refractivity contribution in [1.29, 1.82) is 0 Å². The number of aromatic nitrogens is 3. The number of anilines is 1. The Bertz CT molecular complexity index is 1280. The first kappa shape index (κ1) is 23.2. The molecular weight excluding hydrogens is 443 g/mol. The molecule has 9 heteroatoms. The quantitative estimate of drug-likeness (QED) is 0.479. The van der Waals surface area contributed by atoms with E-state index in [1.807, 2.05) is 29.8 Å². The summed E-state index contributed by atoms with van der Waals surface area (Å²) < 4.78 is 48.5. The van der Waals surface area contributed by atoms with Gasteiger partial charge in [-0.3, -0.25) is 4.98 Å². The van der Waals surface area contributed by atoms with Gasteiger partial charge in [-0.2, -0.15) is 0 Å². The van der Waals surface area contributed by atoms with Gasteiger partial charge in [-0.05, 0) is 43.7 Å². The molecule has 1 aliphatic rings. The number of alkyl halides is 2. The van der Waals surface area contributed by atoms with E-state index in [1.165, 1.54) is 24.5 Å². The minimum absolute atomic E-state index is 0.191. The van der Waals surface area contributed by atoms with E-state index in [9.17, 15) is 13.2 Å². The van der Waals surface area contributed by atoms with E-state index in [1.54, 1.807) is 31.3 Å². The summed E-state index contributed by atoms with van der Waals surface area (Å²) in [4.78, 5) is 9.69. The molecule has 1 N–H and O–H groups in total. The van der Waals surface area contributed by atoms with Gasteiger partial charge in [-0.15, -0.1) is 0 Å². The summed E-state index contributed by atoms with van der Waals surface area (Å²) >= 11 is 0. The average molecular weight is 467 g/mol. The van der Waals surface area contributed by atoms with Crippen LogP contribution in [0.5, 0.6) is 5.75 Å². The molecule has 2 aromatic heterocycles. The Hall–Kier alpha value is -4.01. The van der Waals surface area contributed by atoms with Crippen LogP contribution < -0.4 is 10.1 Å². The van der Waals surface area contributed by atoms with Crippen LogP contribution in [0.4, 0.5) is 18.9 Å². The highest BCUT2D eigenvalue weighted by Crippen LogP contribution is 2.35. The zero-order valence-electron chi connectivity index (χ0n) is 19.0. The van der Waals surface area contributed by atoms with Crippen LogP contribution in [0.1, 0.15) is 24.2 Å². The number of hydrogen-bond donors (Lipinski definition) is 1. The number of imidazole rings is 1. The highest BCUT2D eigenvalue weighted by molar-refractivity contribution is 5.63. The second kappa shape index (κ2) is 9.46. The number of halogens is 3. The molecule has 0 unspecified atom stereocenters. The van der Waals surface area contributed by atoms with Crippen LogP contribution in [-0.4, -0.2) is 33.0 Å². The van der Waals surface area contributed by atoms with Gasteiger partial charge in [0.05, 0.1) is 48.5 Å². The smallest absolute Gasteiger partial charge is 0.265 e. The van der Waals surface area contributed by atoms with Gasteiger partial charge in [0.25, 0.3) is 6.43 Å². The molecule has 1 atom stereocenters. The second-order valence-electron chi connectivity index (χ2n) is 7.89. The predicted octanol–water partition coefficient (Wildman–Crippen LogP) is 5.76. The predicted molar refractivity (Wildman–Crippen MR) is 124 cm³/mol. The molecule has 0 fully saturated rings. The lowest BCUT2D eigenvalue weighted by molar-refractivity contribution is 0.189. The summed E-state index contributed by atoms with van der Waals surface area (Å²) in [5.74, 6) is 0.0734. The second-order valence-corrected chi connectivity index (χ2v) is 7.89. The van der Waals surface area contributed by atoms with E-state index in [4.69, 9.17) is 4.74 Å². The highest BCUT2D eigenvalue weighted by atomic mass is 19.3. The number of nitrogens with one attached hydrogen (secondary N) is 1. The molecule has 0 saturated heterocycles. The van der Waals surface area contributed by atoms with Crippen molar-refractivity contribution < 1.29 is 17.9 Å². The molecule has 4 rings (SSSR count). The standard InChI is InChI=1S/C25H24F3N5O/c1-15-12-32(14-30-15)23-6-5-21(9-24(23)34-4)31-22-8-19(25(27)28)13-33(17(22)3)16(2)18-7-20(26)11-29-10-18/h5-14,16,25,31H,3H2,1-2,4H3/t16-/m0/s1. The lowest BCUT2D eigenvalue weighted by Crippen LogP contribution is -2.28. The third kappa shape index (κ3) is 4.68. The van der Waals surface area contributed by atoms with Crippen LogP contribution >= 0.6 is 0 Å². The largest absolute Gasteiger partial charge is 0.494 e. The molecular formula is C25H24F3N5O. The zero-order chi connectivity index (χ0) is 24.4. The van der Waals surface area contributed by atoms with Gasteiger partial charge in [0.15, 0.2) is 0 Å². The lowest BCUT2D eigenvalue weighted by Gasteiger charge is -2.34. The van der Waals surface area contributed by atoms with Crippen LogP contribution in [-0.2, 0) is 0 Å². The van der Waals surface area contributed by atoms with Crippen molar-refractivity contribution in [3.8, 4) is 11.4 Å². The first-order valence-corrected chi connectivity index (χ1v) is 10.5. The van der Waals surface area contributed by atoms with Gasteiger partial charge in [-0.1, -0.05) is 6.58 Å². The maximum Gasteiger partial charge on any atom is 0.265 e. The number of allylic oxidation sites excluding steroid dienone is 2. The summed E-state index contributed by atoms with van der Waals surface area (Å²) in [6.45, 7) is 7.76. The van der Waals surface area contributed by atoms with E-state index < -0.39 is 18.3 Å². The van der Waals surface area contributed by atoms with Crippen LogP contribution in [0.3, 0.4) is 0 Å². The van der Waals surface area contributed by atoms with Crippen molar-refractivity contribution in [3.05, 3.63) is 102 Å². The molecule has 1 aliphatic heterocycles. The Morgan fingerprint density at radius 2 is 1.97 bits per heavy atom. The first-order valence-electron chi connectivity index (χ1n) is 10.5. The maximum absolute atomic E-state index is 13.7. The van der Waals surface area contributed by atoms with Gasteiger partial charge in [0.2, 0.25) is 0 Å². The number of hydrogen-bond acceptors (Lipinski definition) is 5. The number of rotatable bonds is 7. The number of aryl methyl sites for hydroxylation is 1. The van der Waals surface area contributed by atoms with Gasteiger partial charge in [-0.25, -0.2) is 18.2 Å². The molecule has 3 aromatic rings. The van der Waals surface area contributed by atoms with E-state index in [2.05, 4.69) is 21.9 Å². The van der Waals surface area contributed by atoms with E-state index >= 15 is 0 Å². The molecule has 0 aliphatic carbocycles. The third-order valence-electron chi connectivity index (χ3n) is 5.55. The van der Waals surface area contributed by atoms with Crippen molar-refractivity contribution in [2.75, 3.05) is 12.4 Å². The van der Waals surface area contributed by atoms with Gasteiger partial charge < -0.3 is 19.5 Å². The topological polar surface area (TPSA) is 55.2 Å². The number of methoxy groups -OCH3 is 1. The van der Waals surface area contributed by atoms with Crippen LogP contribution in [0, 0.1) is 12.7 Å². The Morgan fingerprint density at radius 3 is 2.62 bits per heavy atom. The fraction of sp³-hybridized carbons (Fsp3) is 0.200.